The van der Waals surface area contributed by atoms with E-state index in [9.17, 15) is 13.2 Å². The molecule has 2 aromatic rings. The molecule has 0 spiro atoms. The van der Waals surface area contributed by atoms with Crippen molar-refractivity contribution >= 4 is 39.0 Å². The lowest BCUT2D eigenvalue weighted by molar-refractivity contribution is 0.0953. The molecule has 1 amide bonds. The summed E-state index contributed by atoms with van der Waals surface area (Å²) in [4.78, 5) is 12.1. The van der Waals surface area contributed by atoms with Gasteiger partial charge in [-0.25, -0.2) is 13.6 Å². The Kier molecular flexibility index (Phi) is 6.67. The summed E-state index contributed by atoms with van der Waals surface area (Å²) in [7, 11) is -2.46. The van der Waals surface area contributed by atoms with Crippen LogP contribution < -0.4 is 15.2 Å². The average molecular weight is 387 g/mol. The first-order chi connectivity index (χ1) is 11.4. The van der Waals surface area contributed by atoms with Gasteiger partial charge in [0.1, 0.15) is 5.75 Å². The number of sulfonamides is 1. The van der Waals surface area contributed by atoms with Crippen molar-refractivity contribution in [2.24, 2.45) is 5.14 Å². The minimum Gasteiger partial charge on any atom is -0.496 e. The number of carbonyl (C=O) groups excluding carboxylic acids is 1. The van der Waals surface area contributed by atoms with E-state index >= 15 is 0 Å². The zero-order valence-corrected chi connectivity index (χ0v) is 15.5. The first-order valence-corrected chi connectivity index (χ1v) is 10.6. The Morgan fingerprint density at radius 1 is 1.38 bits per heavy atom. The molecule has 0 unspecified atom stereocenters. The number of nitrogens with one attached hydrogen (secondary N) is 1. The Labute approximate surface area is 149 Å². The van der Waals surface area contributed by atoms with Crippen molar-refractivity contribution in [2.75, 3.05) is 19.4 Å². The summed E-state index contributed by atoms with van der Waals surface area (Å²) >= 11 is 3.37. The topological polar surface area (TPSA) is 98.5 Å². The van der Waals surface area contributed by atoms with Crippen LogP contribution in [0, 0.1) is 0 Å². The summed E-state index contributed by atoms with van der Waals surface area (Å²) in [6.45, 7) is 0.469. The SMILES string of the molecule is COc1ccc(S(N)(=O)=O)cc1C(=O)NCCSCc1ccsc1. The summed E-state index contributed by atoms with van der Waals surface area (Å²) in [6, 6.07) is 6.02. The Bertz CT molecular complexity index is 789. The van der Waals surface area contributed by atoms with Gasteiger partial charge in [0.25, 0.3) is 5.91 Å². The Morgan fingerprint density at radius 3 is 2.79 bits per heavy atom. The van der Waals surface area contributed by atoms with Crippen LogP contribution >= 0.6 is 23.1 Å². The van der Waals surface area contributed by atoms with Crippen LogP contribution in [0.4, 0.5) is 0 Å². The van der Waals surface area contributed by atoms with Crippen molar-refractivity contribution in [3.63, 3.8) is 0 Å². The number of carbonyl (C=O) groups is 1. The largest absolute Gasteiger partial charge is 0.496 e. The summed E-state index contributed by atoms with van der Waals surface area (Å²) < 4.78 is 28.0. The molecule has 2 rings (SSSR count). The number of rotatable bonds is 8. The number of amides is 1. The highest BCUT2D eigenvalue weighted by Crippen LogP contribution is 2.22. The minimum atomic E-state index is -3.88. The zero-order chi connectivity index (χ0) is 17.6. The predicted molar refractivity (Wildman–Crippen MR) is 97.2 cm³/mol. The van der Waals surface area contributed by atoms with Crippen LogP contribution in [0.3, 0.4) is 0 Å². The third-order valence-corrected chi connectivity index (χ3v) is 5.80. The number of primary sulfonamides is 1. The van der Waals surface area contributed by atoms with Crippen LogP contribution in [-0.4, -0.2) is 33.7 Å². The van der Waals surface area contributed by atoms with E-state index in [0.29, 0.717) is 12.3 Å². The maximum Gasteiger partial charge on any atom is 0.255 e. The number of thiophene rings is 1. The second-order valence-corrected chi connectivity index (χ2v) is 8.29. The molecular weight excluding hydrogens is 368 g/mol. The van der Waals surface area contributed by atoms with Gasteiger partial charge in [-0.1, -0.05) is 0 Å². The molecule has 0 radical (unpaired) electrons. The Morgan fingerprint density at radius 2 is 2.17 bits per heavy atom. The first kappa shape index (κ1) is 18.8. The molecule has 0 aliphatic heterocycles. The van der Waals surface area contributed by atoms with Gasteiger partial charge in [0.2, 0.25) is 10.0 Å². The number of nitrogens with two attached hydrogens (primary N) is 1. The number of ether oxygens (including phenoxy) is 1. The van der Waals surface area contributed by atoms with Gasteiger partial charge >= 0.3 is 0 Å². The van der Waals surface area contributed by atoms with Crippen LogP contribution in [0.15, 0.2) is 39.9 Å². The lowest BCUT2D eigenvalue weighted by Crippen LogP contribution is -2.26. The molecule has 1 aromatic heterocycles. The van der Waals surface area contributed by atoms with E-state index < -0.39 is 15.9 Å². The summed E-state index contributed by atoms with van der Waals surface area (Å²) in [5.41, 5.74) is 1.41. The number of hydrogen-bond donors (Lipinski definition) is 2. The maximum absolute atomic E-state index is 12.3. The van der Waals surface area contributed by atoms with Crippen LogP contribution in [0.2, 0.25) is 0 Å². The highest BCUT2D eigenvalue weighted by atomic mass is 32.2. The lowest BCUT2D eigenvalue weighted by Gasteiger charge is -2.10. The minimum absolute atomic E-state index is 0.125. The van der Waals surface area contributed by atoms with Crippen molar-refractivity contribution in [1.29, 1.82) is 0 Å². The second kappa shape index (κ2) is 8.52. The van der Waals surface area contributed by atoms with Gasteiger partial charge in [-0.3, -0.25) is 4.79 Å². The molecular formula is C15H18N2O4S3. The van der Waals surface area contributed by atoms with E-state index in [1.807, 2.05) is 5.38 Å². The molecule has 130 valence electrons. The number of methoxy groups -OCH3 is 1. The fourth-order valence-corrected chi connectivity index (χ4v) is 4.06. The summed E-state index contributed by atoms with van der Waals surface area (Å²) in [5, 5.41) is 12.0. The number of benzene rings is 1. The standard InChI is InChI=1S/C15H18N2O4S3/c1-21-14-3-2-12(24(16,19)20)8-13(14)15(18)17-5-7-23-10-11-4-6-22-9-11/h2-4,6,8-9H,5,7,10H2,1H3,(H,17,18)(H2,16,19,20). The van der Waals surface area contributed by atoms with Gasteiger partial charge in [-0.2, -0.15) is 23.1 Å². The van der Waals surface area contributed by atoms with E-state index in [2.05, 4.69) is 16.8 Å². The van der Waals surface area contributed by atoms with Crippen LogP contribution in [0.1, 0.15) is 15.9 Å². The zero-order valence-electron chi connectivity index (χ0n) is 13.0. The molecule has 0 bridgehead atoms. The molecule has 0 atom stereocenters. The first-order valence-electron chi connectivity index (χ1n) is 6.99. The molecule has 1 aromatic carbocycles. The highest BCUT2D eigenvalue weighted by Gasteiger charge is 2.17. The molecule has 0 aliphatic rings. The van der Waals surface area contributed by atoms with E-state index in [1.54, 1.807) is 23.1 Å². The van der Waals surface area contributed by atoms with Crippen molar-refractivity contribution in [2.45, 2.75) is 10.6 Å². The van der Waals surface area contributed by atoms with Crippen molar-refractivity contribution in [1.82, 2.24) is 5.32 Å². The Hall–Kier alpha value is -1.55. The Balaban J connectivity index is 1.93. The fourth-order valence-electron chi connectivity index (χ4n) is 1.94. The van der Waals surface area contributed by atoms with Gasteiger partial charge in [0, 0.05) is 18.1 Å². The third kappa shape index (κ3) is 5.23. The molecule has 0 fully saturated rings. The smallest absolute Gasteiger partial charge is 0.255 e. The second-order valence-electron chi connectivity index (χ2n) is 4.85. The molecule has 24 heavy (non-hydrogen) atoms. The van der Waals surface area contributed by atoms with Gasteiger partial charge in [-0.05, 0) is 40.6 Å². The normalized spacial score (nSPS) is 11.2. The third-order valence-electron chi connectivity index (χ3n) is 3.12. The van der Waals surface area contributed by atoms with Crippen LogP contribution in [-0.2, 0) is 15.8 Å². The van der Waals surface area contributed by atoms with Crippen molar-refractivity contribution in [3.05, 3.63) is 46.2 Å². The maximum atomic E-state index is 12.3. The molecule has 0 saturated carbocycles. The molecule has 9 heteroatoms. The van der Waals surface area contributed by atoms with Crippen molar-refractivity contribution in [3.8, 4) is 5.75 Å². The summed E-state index contributed by atoms with van der Waals surface area (Å²) in [5.74, 6) is 1.54. The molecule has 3 N–H and O–H groups in total. The molecule has 6 nitrogen and oxygen atoms in total. The molecule has 0 saturated heterocycles. The van der Waals surface area contributed by atoms with Crippen LogP contribution in [0.25, 0.3) is 0 Å². The lowest BCUT2D eigenvalue weighted by atomic mass is 10.2. The molecule has 0 aliphatic carbocycles. The quantitative estimate of drug-likeness (QED) is 0.677. The van der Waals surface area contributed by atoms with E-state index in [-0.39, 0.29) is 10.5 Å². The van der Waals surface area contributed by atoms with Gasteiger partial charge in [-0.15, -0.1) is 0 Å². The average Bonchev–Trinajstić information content (AvgIpc) is 3.06. The number of thioether (sulfide) groups is 1. The number of hydrogen-bond acceptors (Lipinski definition) is 6. The van der Waals surface area contributed by atoms with E-state index in [1.165, 1.54) is 30.9 Å². The van der Waals surface area contributed by atoms with Gasteiger partial charge in [0.05, 0.1) is 17.6 Å². The van der Waals surface area contributed by atoms with E-state index in [4.69, 9.17) is 9.88 Å². The van der Waals surface area contributed by atoms with Gasteiger partial charge in [0.15, 0.2) is 0 Å². The predicted octanol–water partition coefficient (Wildman–Crippen LogP) is 2.07. The van der Waals surface area contributed by atoms with Crippen LogP contribution in [0.5, 0.6) is 5.75 Å². The molecule has 1 heterocycles. The van der Waals surface area contributed by atoms with E-state index in [0.717, 1.165) is 11.5 Å². The van der Waals surface area contributed by atoms with Gasteiger partial charge < -0.3 is 10.1 Å². The highest BCUT2D eigenvalue weighted by molar-refractivity contribution is 7.98. The monoisotopic (exact) mass is 386 g/mol. The van der Waals surface area contributed by atoms with Crippen molar-refractivity contribution < 1.29 is 17.9 Å². The fraction of sp³-hybridized carbons (Fsp3) is 0.267. The summed E-state index contributed by atoms with van der Waals surface area (Å²) in [6.07, 6.45) is 0.